The molecule has 2 aliphatic heterocycles. The fourth-order valence-electron chi connectivity index (χ4n) is 6.86. The van der Waals surface area contributed by atoms with Gasteiger partial charge in [-0.3, -0.25) is 19.4 Å². The minimum Gasteiger partial charge on any atom is -0.353 e. The first-order valence-electron chi connectivity index (χ1n) is 15.7. The second kappa shape index (κ2) is 14.7. The summed E-state index contributed by atoms with van der Waals surface area (Å²) in [5.74, 6) is 0.455. The summed E-state index contributed by atoms with van der Waals surface area (Å²) in [6.45, 7) is 11.7. The lowest BCUT2D eigenvalue weighted by Crippen LogP contribution is -2.48. The first-order chi connectivity index (χ1) is 20.5. The minimum absolute atomic E-state index is 0.0171. The van der Waals surface area contributed by atoms with Crippen molar-refractivity contribution in [3.05, 3.63) is 48.0 Å². The summed E-state index contributed by atoms with van der Waals surface area (Å²) in [7, 11) is 0. The van der Waals surface area contributed by atoms with Gasteiger partial charge in [0.25, 0.3) is 0 Å². The van der Waals surface area contributed by atoms with Gasteiger partial charge < -0.3 is 10.2 Å². The number of alkyl halides is 3. The van der Waals surface area contributed by atoms with Crippen molar-refractivity contribution in [1.29, 1.82) is 5.26 Å². The van der Waals surface area contributed by atoms with E-state index in [1.807, 2.05) is 4.90 Å². The molecule has 0 unspecified atom stereocenters. The highest BCUT2D eigenvalue weighted by molar-refractivity contribution is 5.87. The third kappa shape index (κ3) is 9.54. The summed E-state index contributed by atoms with van der Waals surface area (Å²) >= 11 is 0. The van der Waals surface area contributed by atoms with Gasteiger partial charge in [-0.15, -0.1) is 0 Å². The zero-order valence-corrected chi connectivity index (χ0v) is 25.4. The molecule has 0 aromatic heterocycles. The number of carbonyl (C=O) groups is 2. The molecule has 1 aromatic carbocycles. The molecule has 236 valence electrons. The number of nitrogens with zero attached hydrogens (tertiary/aromatic N) is 4. The molecule has 1 N–H and O–H groups in total. The second-order valence-electron chi connectivity index (χ2n) is 13.1. The minimum atomic E-state index is -4.33. The van der Waals surface area contributed by atoms with Crippen LogP contribution in [0.3, 0.4) is 0 Å². The lowest BCUT2D eigenvalue weighted by atomic mass is 9.78. The highest BCUT2D eigenvalue weighted by atomic mass is 19.4. The van der Waals surface area contributed by atoms with Gasteiger partial charge in [0.1, 0.15) is 0 Å². The molecular weight excluding hydrogens is 555 g/mol. The van der Waals surface area contributed by atoms with Crippen molar-refractivity contribution in [2.24, 2.45) is 17.3 Å². The van der Waals surface area contributed by atoms with E-state index in [1.54, 1.807) is 12.1 Å². The van der Waals surface area contributed by atoms with Crippen LogP contribution in [0.1, 0.15) is 69.4 Å². The molecule has 2 saturated heterocycles. The van der Waals surface area contributed by atoms with E-state index >= 15 is 0 Å². The molecule has 0 atom stereocenters. The summed E-state index contributed by atoms with van der Waals surface area (Å²) in [4.78, 5) is 32.2. The van der Waals surface area contributed by atoms with Crippen LogP contribution in [0.2, 0.25) is 0 Å². The molecule has 10 heteroatoms. The quantitative estimate of drug-likeness (QED) is 0.294. The van der Waals surface area contributed by atoms with Crippen molar-refractivity contribution in [3.8, 4) is 6.07 Å². The number of benzene rings is 1. The first-order valence-corrected chi connectivity index (χ1v) is 15.7. The maximum absolute atomic E-state index is 13.0. The van der Waals surface area contributed by atoms with Crippen molar-refractivity contribution in [1.82, 2.24) is 20.0 Å². The third-order valence-corrected chi connectivity index (χ3v) is 9.73. The van der Waals surface area contributed by atoms with Crippen molar-refractivity contribution >= 4 is 11.8 Å². The Balaban J connectivity index is 1.21. The molecule has 0 radical (unpaired) electrons. The van der Waals surface area contributed by atoms with Gasteiger partial charge in [0.15, 0.2) is 0 Å². The summed E-state index contributed by atoms with van der Waals surface area (Å²) in [6, 6.07) is 7.78. The van der Waals surface area contributed by atoms with Crippen molar-refractivity contribution in [3.63, 3.8) is 0 Å². The predicted octanol–water partition coefficient (Wildman–Crippen LogP) is 5.23. The Labute approximate surface area is 254 Å². The van der Waals surface area contributed by atoms with Gasteiger partial charge in [-0.05, 0) is 99.6 Å². The Hall–Kier alpha value is -2.90. The number of likely N-dealkylation sites (tertiary alicyclic amines) is 2. The molecule has 4 rings (SSSR count). The molecular formula is C33H46F3N5O2. The first kappa shape index (κ1) is 33.0. The van der Waals surface area contributed by atoms with E-state index < -0.39 is 11.7 Å². The van der Waals surface area contributed by atoms with E-state index in [9.17, 15) is 22.8 Å². The lowest BCUT2D eigenvalue weighted by molar-refractivity contribution is -0.137. The molecule has 3 fully saturated rings. The maximum atomic E-state index is 13.0. The van der Waals surface area contributed by atoms with E-state index in [-0.39, 0.29) is 29.2 Å². The van der Waals surface area contributed by atoms with Gasteiger partial charge in [0, 0.05) is 44.7 Å². The van der Waals surface area contributed by atoms with Crippen LogP contribution in [-0.2, 0) is 22.3 Å². The van der Waals surface area contributed by atoms with Crippen molar-refractivity contribution in [2.75, 3.05) is 45.8 Å². The van der Waals surface area contributed by atoms with Crippen molar-refractivity contribution < 1.29 is 22.8 Å². The number of nitrogens with one attached hydrogen (secondary N) is 1. The summed E-state index contributed by atoms with van der Waals surface area (Å²) in [5.41, 5.74) is 0.191. The third-order valence-electron chi connectivity index (χ3n) is 9.73. The normalized spacial score (nSPS) is 23.7. The van der Waals surface area contributed by atoms with Gasteiger partial charge in [-0.1, -0.05) is 25.6 Å². The fraction of sp³-hybridized carbons (Fsp3) is 0.667. The molecule has 0 bridgehead atoms. The van der Waals surface area contributed by atoms with Gasteiger partial charge >= 0.3 is 6.18 Å². The Bertz CT molecular complexity index is 1120. The number of amides is 2. The summed E-state index contributed by atoms with van der Waals surface area (Å²) in [5, 5.41) is 12.1. The van der Waals surface area contributed by atoms with E-state index in [2.05, 4.69) is 34.7 Å². The summed E-state index contributed by atoms with van der Waals surface area (Å²) in [6.07, 6.45) is 4.12. The van der Waals surface area contributed by atoms with Crippen molar-refractivity contribution in [2.45, 2.75) is 77.1 Å². The van der Waals surface area contributed by atoms with Gasteiger partial charge in [-0.2, -0.15) is 18.4 Å². The molecule has 1 saturated carbocycles. The molecule has 2 amide bonds. The van der Waals surface area contributed by atoms with Crippen LogP contribution >= 0.6 is 0 Å². The molecule has 3 aliphatic rings. The average Bonchev–Trinajstić information content (AvgIpc) is 2.99. The van der Waals surface area contributed by atoms with E-state index in [4.69, 9.17) is 5.26 Å². The molecule has 1 aromatic rings. The van der Waals surface area contributed by atoms with Crippen LogP contribution in [0.5, 0.6) is 0 Å². The average molecular weight is 602 g/mol. The Morgan fingerprint density at radius 3 is 2.23 bits per heavy atom. The number of rotatable bonds is 10. The van der Waals surface area contributed by atoms with Gasteiger partial charge in [0.2, 0.25) is 11.8 Å². The Morgan fingerprint density at radius 2 is 1.67 bits per heavy atom. The smallest absolute Gasteiger partial charge is 0.353 e. The van der Waals surface area contributed by atoms with Gasteiger partial charge in [-0.25, -0.2) is 0 Å². The van der Waals surface area contributed by atoms with E-state index in [0.29, 0.717) is 32.1 Å². The number of hydrogen-bond acceptors (Lipinski definition) is 5. The Morgan fingerprint density at radius 1 is 1.05 bits per heavy atom. The number of piperidine rings is 2. The van der Waals surface area contributed by atoms with Crippen LogP contribution in [0.4, 0.5) is 13.2 Å². The van der Waals surface area contributed by atoms with Crippen LogP contribution < -0.4 is 5.32 Å². The number of carbonyl (C=O) groups excluding carboxylic acids is 2. The van der Waals surface area contributed by atoms with Crippen LogP contribution in [-0.4, -0.2) is 78.4 Å². The Kier molecular flexibility index (Phi) is 11.3. The van der Waals surface area contributed by atoms with Gasteiger partial charge in [0.05, 0.1) is 18.2 Å². The highest BCUT2D eigenvalue weighted by Gasteiger charge is 2.35. The highest BCUT2D eigenvalue weighted by Crippen LogP contribution is 2.35. The summed E-state index contributed by atoms with van der Waals surface area (Å²) < 4.78 is 38.7. The zero-order valence-electron chi connectivity index (χ0n) is 25.4. The predicted molar refractivity (Wildman–Crippen MR) is 160 cm³/mol. The standard InChI is InChI=1S/C33H46F3N5O2/c1-3-30(42)41(23-26-4-8-27(9-5-26)31(43)38-29-12-17-39(18-13-29)21-16-37)24-32(2)14-19-40(20-15-32)22-25-6-10-28(11-7-25)33(34,35)36/h3,6-7,10-11,26-27,29H,1,4-5,8-9,12-15,17-24H2,2H3,(H,38,43). The molecule has 0 spiro atoms. The number of nitriles is 1. The largest absolute Gasteiger partial charge is 0.416 e. The van der Waals surface area contributed by atoms with Crippen LogP contribution in [0, 0.1) is 28.6 Å². The zero-order chi connectivity index (χ0) is 31.0. The van der Waals surface area contributed by atoms with E-state index in [1.165, 1.54) is 6.08 Å². The monoisotopic (exact) mass is 601 g/mol. The molecule has 1 aliphatic carbocycles. The molecule has 2 heterocycles. The molecule has 7 nitrogen and oxygen atoms in total. The topological polar surface area (TPSA) is 79.7 Å². The number of hydrogen-bond donors (Lipinski definition) is 1. The SMILES string of the molecule is C=CC(=O)N(CC1CCC(C(=O)NC2CCN(CC#N)CC2)CC1)CC1(C)CCN(Cc2ccc(C(F)(F)F)cc2)CC1. The maximum Gasteiger partial charge on any atom is 0.416 e. The fourth-order valence-corrected chi connectivity index (χ4v) is 6.86. The lowest BCUT2D eigenvalue weighted by Gasteiger charge is -2.43. The number of halogens is 3. The second-order valence-corrected chi connectivity index (χ2v) is 13.1. The molecule has 43 heavy (non-hydrogen) atoms. The van der Waals surface area contributed by atoms with Crippen LogP contribution in [0.15, 0.2) is 36.9 Å². The van der Waals surface area contributed by atoms with E-state index in [0.717, 1.165) is 95.2 Å². The van der Waals surface area contributed by atoms with Crippen LogP contribution in [0.25, 0.3) is 0 Å².